The van der Waals surface area contributed by atoms with Gasteiger partial charge in [0.05, 0.1) is 6.10 Å². The summed E-state index contributed by atoms with van der Waals surface area (Å²) in [5, 5.41) is 2.95. The third-order valence-corrected chi connectivity index (χ3v) is 3.76. The second-order valence-corrected chi connectivity index (χ2v) is 5.61. The molecule has 0 fully saturated rings. The molecule has 0 bridgehead atoms. The summed E-state index contributed by atoms with van der Waals surface area (Å²) < 4.78 is 5.79. The average molecular weight is 311 g/mol. The monoisotopic (exact) mass is 311 g/mol. The van der Waals surface area contributed by atoms with E-state index in [4.69, 9.17) is 4.74 Å². The first-order chi connectivity index (χ1) is 11.3. The molecule has 3 nitrogen and oxygen atoms in total. The van der Waals surface area contributed by atoms with E-state index in [0.717, 1.165) is 12.8 Å². The number of ether oxygens (including phenoxy) is 1. The van der Waals surface area contributed by atoms with Crippen LogP contribution in [0.3, 0.4) is 0 Å². The topological polar surface area (TPSA) is 38.3 Å². The van der Waals surface area contributed by atoms with Crippen molar-refractivity contribution in [1.29, 1.82) is 0 Å². The molecule has 0 saturated heterocycles. The Morgan fingerprint density at radius 3 is 2.39 bits per heavy atom. The standard InChI is InChI=1S/C20H25NO2/c1-17(19-11-6-3-7-12-19)23-16-8-15-21-20(22)14-13-18-9-4-2-5-10-18/h2-7,9-12,17H,8,13-16H2,1H3,(H,21,22). The molecule has 2 aromatic carbocycles. The summed E-state index contributed by atoms with van der Waals surface area (Å²) >= 11 is 0. The first-order valence-corrected chi connectivity index (χ1v) is 8.23. The van der Waals surface area contributed by atoms with Crippen LogP contribution in [-0.2, 0) is 16.0 Å². The SMILES string of the molecule is CC(OCCCNC(=O)CCc1ccccc1)c1ccccc1. The van der Waals surface area contributed by atoms with Gasteiger partial charge in [0.15, 0.2) is 0 Å². The lowest BCUT2D eigenvalue weighted by Gasteiger charge is -2.13. The minimum Gasteiger partial charge on any atom is -0.374 e. The Labute approximate surface area is 138 Å². The third kappa shape index (κ3) is 6.66. The van der Waals surface area contributed by atoms with Gasteiger partial charge in [0.25, 0.3) is 0 Å². The molecule has 0 aliphatic heterocycles. The van der Waals surface area contributed by atoms with E-state index in [-0.39, 0.29) is 12.0 Å². The van der Waals surface area contributed by atoms with E-state index >= 15 is 0 Å². The molecule has 1 atom stereocenters. The van der Waals surface area contributed by atoms with E-state index in [2.05, 4.69) is 17.4 Å². The van der Waals surface area contributed by atoms with E-state index in [0.29, 0.717) is 19.6 Å². The predicted molar refractivity (Wildman–Crippen MR) is 93.2 cm³/mol. The molecule has 0 spiro atoms. The van der Waals surface area contributed by atoms with Crippen LogP contribution in [-0.4, -0.2) is 19.1 Å². The van der Waals surface area contributed by atoms with Gasteiger partial charge in [-0.2, -0.15) is 0 Å². The fourth-order valence-corrected chi connectivity index (χ4v) is 2.37. The highest BCUT2D eigenvalue weighted by Crippen LogP contribution is 2.15. The second kappa shape index (κ2) is 9.80. The van der Waals surface area contributed by atoms with Gasteiger partial charge >= 0.3 is 0 Å². The van der Waals surface area contributed by atoms with Crippen LogP contribution < -0.4 is 5.32 Å². The molecule has 0 aliphatic rings. The van der Waals surface area contributed by atoms with Crippen molar-refractivity contribution in [3.63, 3.8) is 0 Å². The van der Waals surface area contributed by atoms with Crippen LogP contribution in [0.1, 0.15) is 37.0 Å². The van der Waals surface area contributed by atoms with Crippen molar-refractivity contribution in [3.05, 3.63) is 71.8 Å². The maximum atomic E-state index is 11.8. The van der Waals surface area contributed by atoms with Gasteiger partial charge < -0.3 is 10.1 Å². The minimum atomic E-state index is 0.0879. The molecule has 2 rings (SSSR count). The van der Waals surface area contributed by atoms with Gasteiger partial charge in [-0.3, -0.25) is 4.79 Å². The highest BCUT2D eigenvalue weighted by Gasteiger charge is 2.05. The molecular weight excluding hydrogens is 286 g/mol. The van der Waals surface area contributed by atoms with E-state index in [1.54, 1.807) is 0 Å². The van der Waals surface area contributed by atoms with Gasteiger partial charge in [0.1, 0.15) is 0 Å². The number of hydrogen-bond donors (Lipinski definition) is 1. The summed E-state index contributed by atoms with van der Waals surface area (Å²) in [4.78, 5) is 11.8. The zero-order valence-electron chi connectivity index (χ0n) is 13.7. The van der Waals surface area contributed by atoms with Crippen LogP contribution in [0.25, 0.3) is 0 Å². The van der Waals surface area contributed by atoms with Crippen LogP contribution in [0.15, 0.2) is 60.7 Å². The average Bonchev–Trinajstić information content (AvgIpc) is 2.61. The van der Waals surface area contributed by atoms with Crippen molar-refractivity contribution < 1.29 is 9.53 Å². The van der Waals surface area contributed by atoms with Crippen LogP contribution in [0.5, 0.6) is 0 Å². The molecule has 0 heterocycles. The van der Waals surface area contributed by atoms with Crippen molar-refractivity contribution in [3.8, 4) is 0 Å². The summed E-state index contributed by atoms with van der Waals surface area (Å²) in [6.07, 6.45) is 2.23. The fraction of sp³-hybridized carbons (Fsp3) is 0.350. The zero-order chi connectivity index (χ0) is 16.3. The van der Waals surface area contributed by atoms with Crippen LogP contribution in [0.2, 0.25) is 0 Å². The van der Waals surface area contributed by atoms with Crippen molar-refractivity contribution in [2.75, 3.05) is 13.2 Å². The smallest absolute Gasteiger partial charge is 0.220 e. The maximum Gasteiger partial charge on any atom is 0.220 e. The summed E-state index contributed by atoms with van der Waals surface area (Å²) in [6.45, 7) is 3.36. The van der Waals surface area contributed by atoms with Crippen molar-refractivity contribution >= 4 is 5.91 Å². The lowest BCUT2D eigenvalue weighted by atomic mass is 10.1. The van der Waals surface area contributed by atoms with Gasteiger partial charge in [-0.25, -0.2) is 0 Å². The molecule has 0 aliphatic carbocycles. The molecule has 23 heavy (non-hydrogen) atoms. The lowest BCUT2D eigenvalue weighted by molar-refractivity contribution is -0.121. The molecule has 3 heteroatoms. The highest BCUT2D eigenvalue weighted by atomic mass is 16.5. The Balaban J connectivity index is 1.54. The molecule has 122 valence electrons. The first kappa shape index (κ1) is 17.2. The molecule has 0 saturated carbocycles. The Bertz CT molecular complexity index is 569. The number of benzene rings is 2. The van der Waals surface area contributed by atoms with Gasteiger partial charge in [0, 0.05) is 19.6 Å². The largest absolute Gasteiger partial charge is 0.374 e. The van der Waals surface area contributed by atoms with Crippen molar-refractivity contribution in [1.82, 2.24) is 5.32 Å². The first-order valence-electron chi connectivity index (χ1n) is 8.23. The minimum absolute atomic E-state index is 0.0879. The van der Waals surface area contributed by atoms with Crippen molar-refractivity contribution in [2.45, 2.75) is 32.3 Å². The van der Waals surface area contributed by atoms with Gasteiger partial charge in [-0.1, -0.05) is 60.7 Å². The van der Waals surface area contributed by atoms with Gasteiger partial charge in [0.2, 0.25) is 5.91 Å². The number of amides is 1. The Morgan fingerprint density at radius 2 is 1.70 bits per heavy atom. The van der Waals surface area contributed by atoms with E-state index < -0.39 is 0 Å². The summed E-state index contributed by atoms with van der Waals surface area (Å²) in [5.41, 5.74) is 2.38. The van der Waals surface area contributed by atoms with Gasteiger partial charge in [-0.15, -0.1) is 0 Å². The fourth-order valence-electron chi connectivity index (χ4n) is 2.37. The third-order valence-electron chi connectivity index (χ3n) is 3.76. The van der Waals surface area contributed by atoms with E-state index in [1.807, 2.05) is 55.5 Å². The maximum absolute atomic E-state index is 11.8. The van der Waals surface area contributed by atoms with Crippen molar-refractivity contribution in [2.24, 2.45) is 0 Å². The summed E-state index contributed by atoms with van der Waals surface area (Å²) in [6, 6.07) is 20.2. The number of aryl methyl sites for hydroxylation is 1. The molecule has 0 aromatic heterocycles. The predicted octanol–water partition coefficient (Wildman–Crippen LogP) is 3.90. The molecule has 1 unspecified atom stereocenters. The second-order valence-electron chi connectivity index (χ2n) is 5.61. The van der Waals surface area contributed by atoms with Gasteiger partial charge in [-0.05, 0) is 30.9 Å². The number of nitrogens with one attached hydrogen (secondary N) is 1. The van der Waals surface area contributed by atoms with Crippen LogP contribution >= 0.6 is 0 Å². The molecule has 1 N–H and O–H groups in total. The number of carbonyl (C=O) groups is 1. The normalized spacial score (nSPS) is 11.9. The Morgan fingerprint density at radius 1 is 1.04 bits per heavy atom. The Kier molecular flexibility index (Phi) is 7.34. The lowest BCUT2D eigenvalue weighted by Crippen LogP contribution is -2.25. The Hall–Kier alpha value is -2.13. The quantitative estimate of drug-likeness (QED) is 0.713. The van der Waals surface area contributed by atoms with E-state index in [1.165, 1.54) is 11.1 Å². The summed E-state index contributed by atoms with van der Waals surface area (Å²) in [7, 11) is 0. The van der Waals surface area contributed by atoms with E-state index in [9.17, 15) is 4.79 Å². The molecule has 1 amide bonds. The molecule has 2 aromatic rings. The number of hydrogen-bond acceptors (Lipinski definition) is 2. The van der Waals surface area contributed by atoms with Crippen LogP contribution in [0.4, 0.5) is 0 Å². The summed E-state index contributed by atoms with van der Waals surface area (Å²) in [5.74, 6) is 0.102. The zero-order valence-corrected chi connectivity index (χ0v) is 13.7. The molecular formula is C20H25NO2. The number of carbonyl (C=O) groups excluding carboxylic acids is 1. The number of rotatable bonds is 9. The van der Waals surface area contributed by atoms with Crippen LogP contribution in [0, 0.1) is 0 Å². The highest BCUT2D eigenvalue weighted by molar-refractivity contribution is 5.76. The molecule has 0 radical (unpaired) electrons.